The molecule has 0 radical (unpaired) electrons. The molecule has 10 heavy (non-hydrogen) atoms. The van der Waals surface area contributed by atoms with Crippen LogP contribution in [0.5, 0.6) is 0 Å². The van der Waals surface area contributed by atoms with Gasteiger partial charge >= 0.3 is 5.97 Å². The Hall–Kier alpha value is -0.790. The lowest BCUT2D eigenvalue weighted by Crippen LogP contribution is -2.12. The van der Waals surface area contributed by atoms with Crippen molar-refractivity contribution in [3.8, 4) is 0 Å². The summed E-state index contributed by atoms with van der Waals surface area (Å²) in [6.07, 6.45) is 4.52. The standard InChI is InChI=1S/C8H14O2/c1-4-6-7(5-2)8(9)10-3/h4,6-7H,5H2,1-3H3/b6-4+. The van der Waals surface area contributed by atoms with Gasteiger partial charge in [-0.2, -0.15) is 0 Å². The summed E-state index contributed by atoms with van der Waals surface area (Å²) >= 11 is 0. The first-order chi connectivity index (χ1) is 4.76. The Morgan fingerprint density at radius 2 is 2.30 bits per heavy atom. The van der Waals surface area contributed by atoms with Crippen LogP contribution >= 0.6 is 0 Å². The lowest BCUT2D eigenvalue weighted by Gasteiger charge is -2.05. The SMILES string of the molecule is C/C=C/C(CC)C(=O)OC. The highest BCUT2D eigenvalue weighted by Crippen LogP contribution is 2.05. The summed E-state index contributed by atoms with van der Waals surface area (Å²) in [5.74, 6) is -0.212. The number of hydrogen-bond acceptors (Lipinski definition) is 2. The van der Waals surface area contributed by atoms with E-state index in [1.807, 2.05) is 26.0 Å². The van der Waals surface area contributed by atoms with E-state index in [1.165, 1.54) is 7.11 Å². The van der Waals surface area contributed by atoms with Crippen molar-refractivity contribution >= 4 is 5.97 Å². The van der Waals surface area contributed by atoms with Crippen molar-refractivity contribution in [2.45, 2.75) is 20.3 Å². The normalized spacial score (nSPS) is 13.5. The van der Waals surface area contributed by atoms with E-state index in [0.29, 0.717) is 0 Å². The van der Waals surface area contributed by atoms with Crippen LogP contribution in [0.2, 0.25) is 0 Å². The number of allylic oxidation sites excluding steroid dienone is 1. The summed E-state index contributed by atoms with van der Waals surface area (Å²) < 4.78 is 4.57. The molecule has 1 atom stereocenters. The van der Waals surface area contributed by atoms with Gasteiger partial charge in [-0.15, -0.1) is 0 Å². The van der Waals surface area contributed by atoms with Crippen LogP contribution in [0, 0.1) is 5.92 Å². The number of methoxy groups -OCH3 is 1. The van der Waals surface area contributed by atoms with Gasteiger partial charge in [-0.3, -0.25) is 4.79 Å². The van der Waals surface area contributed by atoms with Crippen molar-refractivity contribution < 1.29 is 9.53 Å². The van der Waals surface area contributed by atoms with Crippen molar-refractivity contribution in [1.29, 1.82) is 0 Å². The molecule has 2 nitrogen and oxygen atoms in total. The van der Waals surface area contributed by atoms with Gasteiger partial charge in [0, 0.05) is 0 Å². The molecule has 58 valence electrons. The van der Waals surface area contributed by atoms with E-state index in [-0.39, 0.29) is 11.9 Å². The Bertz CT molecular complexity index is 127. The molecule has 0 amide bonds. The van der Waals surface area contributed by atoms with E-state index in [0.717, 1.165) is 6.42 Å². The first kappa shape index (κ1) is 9.21. The second-order valence-corrected chi connectivity index (χ2v) is 2.06. The highest BCUT2D eigenvalue weighted by atomic mass is 16.5. The lowest BCUT2D eigenvalue weighted by atomic mass is 10.1. The van der Waals surface area contributed by atoms with E-state index >= 15 is 0 Å². The van der Waals surface area contributed by atoms with Gasteiger partial charge in [0.1, 0.15) is 0 Å². The quantitative estimate of drug-likeness (QED) is 0.443. The van der Waals surface area contributed by atoms with Crippen LogP contribution in [0.25, 0.3) is 0 Å². The minimum Gasteiger partial charge on any atom is -0.469 e. The van der Waals surface area contributed by atoms with Crippen molar-refractivity contribution in [3.05, 3.63) is 12.2 Å². The topological polar surface area (TPSA) is 26.3 Å². The third kappa shape index (κ3) is 2.67. The average molecular weight is 142 g/mol. The molecule has 0 bridgehead atoms. The maximum atomic E-state index is 10.9. The molecular weight excluding hydrogens is 128 g/mol. The van der Waals surface area contributed by atoms with Crippen molar-refractivity contribution in [3.63, 3.8) is 0 Å². The minimum absolute atomic E-state index is 0.0602. The number of rotatable bonds is 3. The van der Waals surface area contributed by atoms with E-state index in [4.69, 9.17) is 0 Å². The van der Waals surface area contributed by atoms with Gasteiger partial charge in [-0.1, -0.05) is 19.1 Å². The monoisotopic (exact) mass is 142 g/mol. The summed E-state index contributed by atoms with van der Waals surface area (Å²) in [7, 11) is 1.41. The predicted molar refractivity (Wildman–Crippen MR) is 40.6 cm³/mol. The van der Waals surface area contributed by atoms with E-state index in [1.54, 1.807) is 0 Å². The third-order valence-electron chi connectivity index (χ3n) is 1.37. The van der Waals surface area contributed by atoms with Crippen molar-refractivity contribution in [2.24, 2.45) is 5.92 Å². The predicted octanol–water partition coefficient (Wildman–Crippen LogP) is 1.76. The van der Waals surface area contributed by atoms with Crippen LogP contribution in [0.15, 0.2) is 12.2 Å². The van der Waals surface area contributed by atoms with Crippen LogP contribution in [0.3, 0.4) is 0 Å². The van der Waals surface area contributed by atoms with Crippen molar-refractivity contribution in [2.75, 3.05) is 7.11 Å². The molecule has 0 aromatic heterocycles. The highest BCUT2D eigenvalue weighted by Gasteiger charge is 2.11. The molecule has 0 heterocycles. The second kappa shape index (κ2) is 5.03. The molecule has 0 aliphatic heterocycles. The Morgan fingerprint density at radius 1 is 1.70 bits per heavy atom. The maximum Gasteiger partial charge on any atom is 0.312 e. The molecule has 0 fully saturated rings. The van der Waals surface area contributed by atoms with E-state index in [9.17, 15) is 4.79 Å². The fourth-order valence-electron chi connectivity index (χ4n) is 0.765. The molecule has 0 aliphatic carbocycles. The molecule has 0 spiro atoms. The second-order valence-electron chi connectivity index (χ2n) is 2.06. The lowest BCUT2D eigenvalue weighted by molar-refractivity contribution is -0.143. The summed E-state index contributed by atoms with van der Waals surface area (Å²) in [5.41, 5.74) is 0. The average Bonchev–Trinajstić information content (AvgIpc) is 1.99. The van der Waals surface area contributed by atoms with E-state index in [2.05, 4.69) is 4.74 Å². The van der Waals surface area contributed by atoms with Crippen LogP contribution in [-0.4, -0.2) is 13.1 Å². The Morgan fingerprint density at radius 3 is 2.60 bits per heavy atom. The summed E-state index contributed by atoms with van der Waals surface area (Å²) in [6, 6.07) is 0. The van der Waals surface area contributed by atoms with Crippen LogP contribution in [0.4, 0.5) is 0 Å². The summed E-state index contributed by atoms with van der Waals surface area (Å²) in [5, 5.41) is 0. The van der Waals surface area contributed by atoms with Gasteiger partial charge in [0.25, 0.3) is 0 Å². The molecule has 0 saturated carbocycles. The fraction of sp³-hybridized carbons (Fsp3) is 0.625. The van der Waals surface area contributed by atoms with E-state index < -0.39 is 0 Å². The van der Waals surface area contributed by atoms with Gasteiger partial charge < -0.3 is 4.74 Å². The molecule has 0 aromatic rings. The zero-order chi connectivity index (χ0) is 7.98. The number of esters is 1. The maximum absolute atomic E-state index is 10.9. The number of hydrogen-bond donors (Lipinski definition) is 0. The molecule has 0 N–H and O–H groups in total. The van der Waals surface area contributed by atoms with Gasteiger partial charge in [0.2, 0.25) is 0 Å². The van der Waals surface area contributed by atoms with Gasteiger partial charge in [0.15, 0.2) is 0 Å². The van der Waals surface area contributed by atoms with Crippen LogP contribution in [0.1, 0.15) is 20.3 Å². The summed E-state index contributed by atoms with van der Waals surface area (Å²) in [4.78, 5) is 10.9. The zero-order valence-electron chi connectivity index (χ0n) is 6.76. The largest absolute Gasteiger partial charge is 0.469 e. The fourth-order valence-corrected chi connectivity index (χ4v) is 0.765. The molecule has 0 saturated heterocycles. The Balaban J connectivity index is 3.93. The number of ether oxygens (including phenoxy) is 1. The van der Waals surface area contributed by atoms with Gasteiger partial charge in [-0.25, -0.2) is 0 Å². The number of carbonyl (C=O) groups is 1. The molecule has 1 unspecified atom stereocenters. The smallest absolute Gasteiger partial charge is 0.312 e. The third-order valence-corrected chi connectivity index (χ3v) is 1.37. The molecule has 0 aromatic carbocycles. The molecule has 2 heteroatoms. The summed E-state index contributed by atoms with van der Waals surface area (Å²) in [6.45, 7) is 3.85. The first-order valence-electron chi connectivity index (χ1n) is 3.46. The highest BCUT2D eigenvalue weighted by molar-refractivity contribution is 5.74. The zero-order valence-corrected chi connectivity index (χ0v) is 6.76. The molecule has 0 aliphatic rings. The Kier molecular flexibility index (Phi) is 4.63. The van der Waals surface area contributed by atoms with Gasteiger partial charge in [0.05, 0.1) is 13.0 Å². The van der Waals surface area contributed by atoms with Crippen LogP contribution < -0.4 is 0 Å². The minimum atomic E-state index is -0.152. The number of carbonyl (C=O) groups excluding carboxylic acids is 1. The molecular formula is C8H14O2. The van der Waals surface area contributed by atoms with Crippen molar-refractivity contribution in [1.82, 2.24) is 0 Å². The Labute approximate surface area is 61.9 Å². The van der Waals surface area contributed by atoms with Gasteiger partial charge in [-0.05, 0) is 13.3 Å². The van der Waals surface area contributed by atoms with Crippen LogP contribution in [-0.2, 0) is 9.53 Å². The molecule has 0 rings (SSSR count). The first-order valence-corrected chi connectivity index (χ1v) is 3.46.